The van der Waals surface area contributed by atoms with E-state index in [9.17, 15) is 14.9 Å². The van der Waals surface area contributed by atoms with Gasteiger partial charge in [0.1, 0.15) is 5.54 Å². The fraction of sp³-hybridized carbons (Fsp3) is 0.632. The molecule has 2 N–H and O–H groups in total. The second kappa shape index (κ2) is 7.72. The maximum absolute atomic E-state index is 12.4. The lowest BCUT2D eigenvalue weighted by Gasteiger charge is -2.41. The van der Waals surface area contributed by atoms with Crippen LogP contribution >= 0.6 is 0 Å². The van der Waals surface area contributed by atoms with Crippen molar-refractivity contribution in [2.45, 2.75) is 43.7 Å². The number of carbonyl (C=O) groups is 1. The summed E-state index contributed by atoms with van der Waals surface area (Å²) in [5.74, 6) is -0.496. The molecule has 2 fully saturated rings. The number of amides is 1. The second-order valence-corrected chi connectivity index (χ2v) is 7.46. The van der Waals surface area contributed by atoms with Crippen molar-refractivity contribution in [2.24, 2.45) is 11.7 Å². The third-order valence-electron chi connectivity index (χ3n) is 6.15. The molecule has 1 heterocycles. The number of ether oxygens (including phenoxy) is 1. The van der Waals surface area contributed by atoms with Crippen LogP contribution in [0.3, 0.4) is 0 Å². The van der Waals surface area contributed by atoms with Gasteiger partial charge in [-0.15, -0.1) is 0 Å². The van der Waals surface area contributed by atoms with E-state index in [4.69, 9.17) is 10.5 Å². The number of benzene rings is 1. The Morgan fingerprint density at radius 1 is 1.35 bits per heavy atom. The van der Waals surface area contributed by atoms with E-state index in [0.29, 0.717) is 39.1 Å². The third kappa shape index (κ3) is 3.46. The van der Waals surface area contributed by atoms with Crippen molar-refractivity contribution < 1.29 is 14.5 Å². The van der Waals surface area contributed by atoms with Gasteiger partial charge in [0.05, 0.1) is 19.1 Å². The van der Waals surface area contributed by atoms with Crippen LogP contribution < -0.4 is 5.73 Å². The third-order valence-corrected chi connectivity index (χ3v) is 6.15. The van der Waals surface area contributed by atoms with Gasteiger partial charge in [0, 0.05) is 24.9 Å². The molecule has 0 unspecified atom stereocenters. The van der Waals surface area contributed by atoms with Crippen LogP contribution in [0.25, 0.3) is 0 Å². The lowest BCUT2D eigenvalue weighted by atomic mass is 9.79. The van der Waals surface area contributed by atoms with Crippen molar-refractivity contribution in [1.29, 1.82) is 0 Å². The Labute approximate surface area is 153 Å². The van der Waals surface area contributed by atoms with E-state index in [2.05, 4.69) is 4.90 Å². The average molecular weight is 361 g/mol. The number of hydrogen-bond donors (Lipinski definition) is 1. The Morgan fingerprint density at radius 2 is 2.00 bits per heavy atom. The average Bonchev–Trinajstić information content (AvgIpc) is 3.10. The monoisotopic (exact) mass is 361 g/mol. The van der Waals surface area contributed by atoms with Crippen molar-refractivity contribution in [3.63, 3.8) is 0 Å². The van der Waals surface area contributed by atoms with Gasteiger partial charge in [0.2, 0.25) is 11.9 Å². The first-order valence-electron chi connectivity index (χ1n) is 9.27. The Bertz CT molecular complexity index is 647. The molecule has 1 aliphatic heterocycles. The highest BCUT2D eigenvalue weighted by atomic mass is 16.6. The summed E-state index contributed by atoms with van der Waals surface area (Å²) in [5, 5.41) is 11.6. The molecule has 1 saturated carbocycles. The van der Waals surface area contributed by atoms with Crippen molar-refractivity contribution in [1.82, 2.24) is 4.90 Å². The van der Waals surface area contributed by atoms with Crippen molar-refractivity contribution in [3.8, 4) is 0 Å². The molecule has 2 aliphatic rings. The quantitative estimate of drug-likeness (QED) is 0.615. The topological polar surface area (TPSA) is 98.7 Å². The summed E-state index contributed by atoms with van der Waals surface area (Å²) in [7, 11) is 0. The zero-order valence-corrected chi connectivity index (χ0v) is 15.2. The normalized spacial score (nSPS) is 29.2. The molecule has 1 aromatic carbocycles. The first-order valence-corrected chi connectivity index (χ1v) is 9.27. The highest BCUT2D eigenvalue weighted by Gasteiger charge is 2.52. The van der Waals surface area contributed by atoms with Gasteiger partial charge in [0.15, 0.2) is 0 Å². The summed E-state index contributed by atoms with van der Waals surface area (Å²) < 4.78 is 5.41. The molecule has 142 valence electrons. The molecular formula is C19H27N3O4. The molecule has 0 spiro atoms. The molecule has 1 aromatic rings. The molecule has 3 rings (SSSR count). The number of nitro groups is 1. The summed E-state index contributed by atoms with van der Waals surface area (Å²) >= 11 is 0. The number of rotatable bonds is 6. The van der Waals surface area contributed by atoms with Gasteiger partial charge in [-0.05, 0) is 30.7 Å². The van der Waals surface area contributed by atoms with Crippen LogP contribution in [0.1, 0.15) is 37.7 Å². The molecular weight excluding hydrogens is 334 g/mol. The predicted molar refractivity (Wildman–Crippen MR) is 97.3 cm³/mol. The van der Waals surface area contributed by atoms with Gasteiger partial charge in [-0.25, -0.2) is 0 Å². The first-order chi connectivity index (χ1) is 12.5. The number of primary amides is 1. The number of hydrogen-bond acceptors (Lipinski definition) is 5. The number of nitrogens with two attached hydrogens (primary N) is 1. The Kier molecular flexibility index (Phi) is 5.58. The fourth-order valence-electron chi connectivity index (χ4n) is 4.78. The number of nitrogens with zero attached hydrogens (tertiary/aromatic N) is 2. The van der Waals surface area contributed by atoms with Gasteiger partial charge < -0.3 is 10.5 Å². The van der Waals surface area contributed by atoms with Crippen LogP contribution in [0.15, 0.2) is 30.3 Å². The minimum absolute atomic E-state index is 0.0492. The molecule has 1 amide bonds. The van der Waals surface area contributed by atoms with E-state index >= 15 is 0 Å². The maximum atomic E-state index is 12.4. The molecule has 7 heteroatoms. The summed E-state index contributed by atoms with van der Waals surface area (Å²) in [6.07, 6.45) is 1.99. The number of morpholine rings is 1. The van der Waals surface area contributed by atoms with Crippen LogP contribution in [-0.4, -0.2) is 53.6 Å². The highest BCUT2D eigenvalue weighted by molar-refractivity contribution is 5.85. The Hall–Kier alpha value is -1.99. The first kappa shape index (κ1) is 18.8. The zero-order chi connectivity index (χ0) is 18.7. The second-order valence-electron chi connectivity index (χ2n) is 7.46. The van der Waals surface area contributed by atoms with Gasteiger partial charge in [-0.3, -0.25) is 19.8 Å². The van der Waals surface area contributed by atoms with Crippen LogP contribution in [0.5, 0.6) is 0 Å². The Balaban J connectivity index is 1.89. The minimum atomic E-state index is -0.712. The summed E-state index contributed by atoms with van der Waals surface area (Å²) in [5.41, 5.74) is 6.10. The number of carbonyl (C=O) groups excluding carboxylic acids is 1. The predicted octanol–water partition coefficient (Wildman–Crippen LogP) is 1.79. The molecule has 26 heavy (non-hydrogen) atoms. The summed E-state index contributed by atoms with van der Waals surface area (Å²) in [4.78, 5) is 25.9. The molecule has 0 bridgehead atoms. The minimum Gasteiger partial charge on any atom is -0.379 e. The van der Waals surface area contributed by atoms with Crippen molar-refractivity contribution >= 4 is 5.91 Å². The highest BCUT2D eigenvalue weighted by Crippen LogP contribution is 2.47. The zero-order valence-electron chi connectivity index (χ0n) is 15.2. The summed E-state index contributed by atoms with van der Waals surface area (Å²) in [6.45, 7) is 4.20. The van der Waals surface area contributed by atoms with E-state index < -0.39 is 11.6 Å². The van der Waals surface area contributed by atoms with Gasteiger partial charge in [-0.1, -0.05) is 30.3 Å². The van der Waals surface area contributed by atoms with Crippen LogP contribution in [-0.2, 0) is 9.53 Å². The van der Waals surface area contributed by atoms with E-state index in [1.807, 2.05) is 30.3 Å². The molecule has 0 aromatic heterocycles. The standard InChI is InChI=1S/C19H27N3O4/c1-14(22(24)25)17(15-5-3-2-4-6-15)16-7-8-19(13-16,18(20)23)21-9-11-26-12-10-21/h2-6,14,16-17H,7-13H2,1H3,(H2,20,23)/t14-,16-,17+,19-/m1/s1. The van der Waals surface area contributed by atoms with E-state index in [1.165, 1.54) is 0 Å². The lowest BCUT2D eigenvalue weighted by molar-refractivity contribution is -0.524. The molecule has 4 atom stereocenters. The smallest absolute Gasteiger partial charge is 0.237 e. The molecule has 1 saturated heterocycles. The van der Waals surface area contributed by atoms with Crippen molar-refractivity contribution in [2.75, 3.05) is 26.3 Å². The van der Waals surface area contributed by atoms with E-state index in [-0.39, 0.29) is 22.7 Å². The van der Waals surface area contributed by atoms with Crippen LogP contribution in [0.4, 0.5) is 0 Å². The Morgan fingerprint density at radius 3 is 2.58 bits per heavy atom. The van der Waals surface area contributed by atoms with E-state index in [1.54, 1.807) is 6.92 Å². The molecule has 0 radical (unpaired) electrons. The van der Waals surface area contributed by atoms with E-state index in [0.717, 1.165) is 12.0 Å². The summed E-state index contributed by atoms with van der Waals surface area (Å²) in [6, 6.07) is 8.91. The largest absolute Gasteiger partial charge is 0.379 e. The van der Waals surface area contributed by atoms with Crippen molar-refractivity contribution in [3.05, 3.63) is 46.0 Å². The maximum Gasteiger partial charge on any atom is 0.237 e. The fourth-order valence-corrected chi connectivity index (χ4v) is 4.78. The van der Waals surface area contributed by atoms with Crippen LogP contribution in [0.2, 0.25) is 0 Å². The SMILES string of the molecule is C[C@H]([C@@H](c1ccccc1)[C@@H]1CC[C@@](C(N)=O)(N2CCOCC2)C1)[N+](=O)[O-]. The van der Waals surface area contributed by atoms with Gasteiger partial charge >= 0.3 is 0 Å². The van der Waals surface area contributed by atoms with Gasteiger partial charge in [-0.2, -0.15) is 0 Å². The molecule has 1 aliphatic carbocycles. The van der Waals surface area contributed by atoms with Crippen LogP contribution in [0, 0.1) is 16.0 Å². The lowest BCUT2D eigenvalue weighted by Crippen LogP contribution is -2.59. The van der Waals surface area contributed by atoms with Gasteiger partial charge in [0.25, 0.3) is 0 Å². The molecule has 7 nitrogen and oxygen atoms in total.